The van der Waals surface area contributed by atoms with Gasteiger partial charge in [-0.3, -0.25) is 9.59 Å². The first-order valence-corrected chi connectivity index (χ1v) is 10.5. The molecule has 28 heavy (non-hydrogen) atoms. The summed E-state index contributed by atoms with van der Waals surface area (Å²) in [5.74, 6) is -1.28. The van der Waals surface area contributed by atoms with Gasteiger partial charge in [0.25, 0.3) is 5.91 Å². The first kappa shape index (κ1) is 20.6. The zero-order valence-corrected chi connectivity index (χ0v) is 17.5. The molecule has 0 radical (unpaired) electrons. The molecule has 0 spiro atoms. The fraction of sp³-hybridized carbons (Fsp3) is 0.333. The third-order valence-corrected chi connectivity index (χ3v) is 6.15. The molecule has 1 aliphatic rings. The normalized spacial score (nSPS) is 17.1. The highest BCUT2D eigenvalue weighted by molar-refractivity contribution is 7.12. The van der Waals surface area contributed by atoms with E-state index in [4.69, 9.17) is 11.6 Å². The van der Waals surface area contributed by atoms with Gasteiger partial charge in [0, 0.05) is 18.1 Å². The number of nitrogens with zero attached hydrogens (tertiary/aromatic N) is 2. The van der Waals surface area contributed by atoms with Crippen molar-refractivity contribution in [1.29, 1.82) is 0 Å². The molecule has 3 rings (SSSR count). The van der Waals surface area contributed by atoms with E-state index in [1.54, 1.807) is 46.7 Å². The van der Waals surface area contributed by atoms with E-state index in [1.165, 1.54) is 11.3 Å². The van der Waals surface area contributed by atoms with Gasteiger partial charge in [-0.25, -0.2) is 0 Å². The maximum Gasteiger partial charge on any atom is 0.290 e. The van der Waals surface area contributed by atoms with Crippen molar-refractivity contribution < 1.29 is 14.7 Å². The van der Waals surface area contributed by atoms with Crippen LogP contribution in [0.25, 0.3) is 0 Å². The second-order valence-electron chi connectivity index (χ2n) is 6.55. The largest absolute Gasteiger partial charge is 0.503 e. The van der Waals surface area contributed by atoms with E-state index < -0.39 is 17.7 Å². The van der Waals surface area contributed by atoms with E-state index in [0.29, 0.717) is 23.0 Å². The van der Waals surface area contributed by atoms with Gasteiger partial charge in [-0.05, 0) is 42.2 Å². The topological polar surface area (TPSA) is 60.9 Å². The predicted molar refractivity (Wildman–Crippen MR) is 112 cm³/mol. The van der Waals surface area contributed by atoms with Gasteiger partial charge in [-0.15, -0.1) is 11.3 Å². The average Bonchev–Trinajstić information content (AvgIpc) is 3.32. The molecular formula is C21H23ClN2O3S. The van der Waals surface area contributed by atoms with Gasteiger partial charge in [-0.2, -0.15) is 0 Å². The van der Waals surface area contributed by atoms with Crippen LogP contribution in [0.5, 0.6) is 0 Å². The summed E-state index contributed by atoms with van der Waals surface area (Å²) in [7, 11) is 0. The smallest absolute Gasteiger partial charge is 0.290 e. The lowest BCUT2D eigenvalue weighted by molar-refractivity contribution is -0.129. The highest BCUT2D eigenvalue weighted by Crippen LogP contribution is 2.39. The molecule has 148 valence electrons. The zero-order chi connectivity index (χ0) is 20.3. The summed E-state index contributed by atoms with van der Waals surface area (Å²) in [4.78, 5) is 30.2. The molecule has 0 unspecified atom stereocenters. The van der Waals surface area contributed by atoms with Crippen molar-refractivity contribution in [2.75, 3.05) is 26.2 Å². The number of amides is 1. The summed E-state index contributed by atoms with van der Waals surface area (Å²) < 4.78 is 0. The van der Waals surface area contributed by atoms with Gasteiger partial charge in [-0.1, -0.05) is 43.6 Å². The summed E-state index contributed by atoms with van der Waals surface area (Å²) in [6.07, 6.45) is 0. The molecule has 1 aromatic carbocycles. The second kappa shape index (κ2) is 8.90. The van der Waals surface area contributed by atoms with Gasteiger partial charge < -0.3 is 14.9 Å². The highest BCUT2D eigenvalue weighted by atomic mass is 35.5. The standard InChI is InChI=1S/C21H23ClN2O3S/c1-3-23(4-2)11-12-24-18(14-7-9-15(22)10-8-14)17(20(26)21(24)27)19(25)16-6-5-13-28-16/h5-10,13,18,26H,3-4,11-12H2,1-2H3/t18-/m1/s1. The molecule has 0 bridgehead atoms. The number of rotatable bonds is 8. The molecule has 0 saturated carbocycles. The molecule has 1 aromatic heterocycles. The number of aliphatic hydroxyl groups excluding tert-OH is 1. The summed E-state index contributed by atoms with van der Waals surface area (Å²) in [6.45, 7) is 6.94. The molecular weight excluding hydrogens is 396 g/mol. The Morgan fingerprint density at radius 2 is 1.89 bits per heavy atom. The number of Topliss-reactive ketones (excluding diaryl/α,β-unsaturated/α-hetero) is 1. The van der Waals surface area contributed by atoms with Gasteiger partial charge in [0.1, 0.15) is 0 Å². The third-order valence-electron chi connectivity index (χ3n) is 5.03. The van der Waals surface area contributed by atoms with Crippen LogP contribution in [0.3, 0.4) is 0 Å². The fourth-order valence-electron chi connectivity index (χ4n) is 3.44. The van der Waals surface area contributed by atoms with Gasteiger partial charge in [0.15, 0.2) is 5.76 Å². The van der Waals surface area contributed by atoms with Gasteiger partial charge >= 0.3 is 0 Å². The summed E-state index contributed by atoms with van der Waals surface area (Å²) >= 11 is 7.31. The monoisotopic (exact) mass is 418 g/mol. The van der Waals surface area contributed by atoms with Crippen LogP contribution in [-0.2, 0) is 4.79 Å². The quantitative estimate of drug-likeness (QED) is 0.648. The summed E-state index contributed by atoms with van der Waals surface area (Å²) in [5, 5.41) is 13.0. The average molecular weight is 419 g/mol. The number of hydrogen-bond donors (Lipinski definition) is 1. The number of likely N-dealkylation sites (N-methyl/N-ethyl adjacent to an activating group) is 1. The van der Waals surface area contributed by atoms with Crippen LogP contribution in [0.4, 0.5) is 0 Å². The number of carbonyl (C=O) groups excluding carboxylic acids is 2. The van der Waals surface area contributed by atoms with Gasteiger partial charge in [0.2, 0.25) is 5.78 Å². The molecule has 0 saturated heterocycles. The van der Waals surface area contributed by atoms with Crippen LogP contribution in [0.2, 0.25) is 5.02 Å². The van der Waals surface area contributed by atoms with Crippen molar-refractivity contribution in [2.24, 2.45) is 0 Å². The lowest BCUT2D eigenvalue weighted by atomic mass is 9.95. The predicted octanol–water partition coefficient (Wildman–Crippen LogP) is 4.32. The molecule has 1 N–H and O–H groups in total. The van der Waals surface area contributed by atoms with E-state index in [9.17, 15) is 14.7 Å². The Morgan fingerprint density at radius 1 is 1.21 bits per heavy atom. The number of halogens is 1. The Bertz CT molecular complexity index is 874. The molecule has 0 aliphatic carbocycles. The second-order valence-corrected chi connectivity index (χ2v) is 7.93. The van der Waals surface area contributed by atoms with Gasteiger partial charge in [0.05, 0.1) is 16.5 Å². The number of carbonyl (C=O) groups is 2. The van der Waals surface area contributed by atoms with Crippen LogP contribution in [0, 0.1) is 0 Å². The molecule has 2 heterocycles. The summed E-state index contributed by atoms with van der Waals surface area (Å²) in [6, 6.07) is 9.90. The van der Waals surface area contributed by atoms with E-state index in [2.05, 4.69) is 18.7 Å². The SMILES string of the molecule is CCN(CC)CCN1C(=O)C(O)=C(C(=O)c2cccs2)[C@H]1c1ccc(Cl)cc1. The van der Waals surface area contributed by atoms with E-state index in [0.717, 1.165) is 18.7 Å². The molecule has 1 amide bonds. The first-order valence-electron chi connectivity index (χ1n) is 9.28. The number of aliphatic hydroxyl groups is 1. The number of hydrogen-bond acceptors (Lipinski definition) is 5. The van der Waals surface area contributed by atoms with Crippen LogP contribution in [0.1, 0.15) is 35.1 Å². The fourth-order valence-corrected chi connectivity index (χ4v) is 4.24. The minimum atomic E-state index is -0.630. The molecule has 5 nitrogen and oxygen atoms in total. The zero-order valence-electron chi connectivity index (χ0n) is 15.9. The van der Waals surface area contributed by atoms with E-state index >= 15 is 0 Å². The Kier molecular flexibility index (Phi) is 6.54. The van der Waals surface area contributed by atoms with Crippen LogP contribution >= 0.6 is 22.9 Å². The number of ketones is 1. The van der Waals surface area contributed by atoms with Crippen molar-refractivity contribution in [3.63, 3.8) is 0 Å². The third kappa shape index (κ3) is 3.99. The van der Waals surface area contributed by atoms with Crippen molar-refractivity contribution in [3.05, 3.63) is 68.6 Å². The maximum absolute atomic E-state index is 13.1. The minimum absolute atomic E-state index is 0.134. The van der Waals surface area contributed by atoms with Crippen molar-refractivity contribution >= 4 is 34.6 Å². The lowest BCUT2D eigenvalue weighted by Gasteiger charge is -2.29. The minimum Gasteiger partial charge on any atom is -0.503 e. The molecule has 1 atom stereocenters. The molecule has 2 aromatic rings. The Balaban J connectivity index is 1.99. The van der Waals surface area contributed by atoms with E-state index in [-0.39, 0.29) is 11.4 Å². The first-order chi connectivity index (χ1) is 13.5. The highest BCUT2D eigenvalue weighted by Gasteiger charge is 2.43. The van der Waals surface area contributed by atoms with Crippen molar-refractivity contribution in [3.8, 4) is 0 Å². The van der Waals surface area contributed by atoms with Crippen LogP contribution in [0.15, 0.2) is 53.1 Å². The van der Waals surface area contributed by atoms with E-state index in [1.807, 2.05) is 0 Å². The number of thiophene rings is 1. The molecule has 1 aliphatic heterocycles. The summed E-state index contributed by atoms with van der Waals surface area (Å²) in [5.41, 5.74) is 0.885. The molecule has 0 fully saturated rings. The van der Waals surface area contributed by atoms with Crippen LogP contribution < -0.4 is 0 Å². The number of benzene rings is 1. The lowest BCUT2D eigenvalue weighted by Crippen LogP contribution is -2.38. The van der Waals surface area contributed by atoms with Crippen molar-refractivity contribution in [1.82, 2.24) is 9.80 Å². The molecule has 7 heteroatoms. The Morgan fingerprint density at radius 3 is 2.46 bits per heavy atom. The Labute approximate surface area is 173 Å². The van der Waals surface area contributed by atoms with Crippen LogP contribution in [-0.4, -0.2) is 52.8 Å². The van der Waals surface area contributed by atoms with Crippen molar-refractivity contribution in [2.45, 2.75) is 19.9 Å². The maximum atomic E-state index is 13.1. The Hall–Kier alpha value is -2.15.